The minimum Gasteiger partial charge on any atom is -0.510 e. The number of hydrogen-bond acceptors (Lipinski definition) is 9. The second-order valence-electron chi connectivity index (χ2n) is 12.2. The quantitative estimate of drug-likeness (QED) is 0.216. The van der Waals surface area contributed by atoms with E-state index >= 15 is 0 Å². The number of phenols is 1. The number of aliphatic hydroxyl groups excluding tert-OH is 2. The first kappa shape index (κ1) is 29.6. The van der Waals surface area contributed by atoms with Crippen molar-refractivity contribution in [2.75, 3.05) is 20.6 Å². The van der Waals surface area contributed by atoms with E-state index in [1.807, 2.05) is 0 Å². The molecule has 10 nitrogen and oxygen atoms in total. The fourth-order valence-corrected chi connectivity index (χ4v) is 7.75. The van der Waals surface area contributed by atoms with Gasteiger partial charge in [0.25, 0.3) is 5.91 Å². The van der Waals surface area contributed by atoms with Crippen LogP contribution in [0.2, 0.25) is 5.02 Å². The van der Waals surface area contributed by atoms with Crippen molar-refractivity contribution in [3.05, 3.63) is 50.4 Å². The number of nitrogens with zero attached hydrogens (tertiary/aromatic N) is 1. The van der Waals surface area contributed by atoms with Crippen molar-refractivity contribution in [2.24, 2.45) is 23.5 Å². The summed E-state index contributed by atoms with van der Waals surface area (Å²) in [6.45, 7) is 1.25. The molecule has 7 N–H and O–H groups in total. The van der Waals surface area contributed by atoms with Crippen LogP contribution in [0, 0.1) is 17.8 Å². The number of fused-ring (bicyclic) bond motifs is 3. The SMILES string of the molecule is CN(C)[C@@H]1C(O)=C(C(N)=O)C(=O)[C@@]2(O)C(O)=C3C(=O)c4c(O)cc(CNCC5CCCCCC5)c(Cl)c4C[C@H]3C[C@@H]12. The summed E-state index contributed by atoms with van der Waals surface area (Å²) in [4.78, 5) is 40.8. The van der Waals surface area contributed by atoms with E-state index in [1.165, 1.54) is 49.5 Å². The minimum absolute atomic E-state index is 0.0208. The fraction of sp³-hybridized carbons (Fsp3) is 0.567. The van der Waals surface area contributed by atoms with Gasteiger partial charge in [-0.15, -0.1) is 0 Å². The summed E-state index contributed by atoms with van der Waals surface area (Å²) in [5, 5.41) is 48.7. The molecule has 1 amide bonds. The van der Waals surface area contributed by atoms with Gasteiger partial charge in [0.15, 0.2) is 11.4 Å². The van der Waals surface area contributed by atoms with Crippen molar-refractivity contribution in [1.82, 2.24) is 10.2 Å². The largest absolute Gasteiger partial charge is 0.510 e. The normalized spacial score (nSPS) is 28.9. The summed E-state index contributed by atoms with van der Waals surface area (Å²) in [6.07, 6.45) is 7.54. The third-order valence-corrected chi connectivity index (χ3v) is 9.92. The van der Waals surface area contributed by atoms with Gasteiger partial charge in [-0.2, -0.15) is 0 Å². The lowest BCUT2D eigenvalue weighted by Crippen LogP contribution is -2.63. The van der Waals surface area contributed by atoms with Crippen LogP contribution < -0.4 is 11.1 Å². The Bertz CT molecular complexity index is 1360. The molecule has 0 unspecified atom stereocenters. The number of aromatic hydroxyl groups is 1. The van der Waals surface area contributed by atoms with E-state index in [1.54, 1.807) is 14.1 Å². The molecule has 4 aliphatic rings. The van der Waals surface area contributed by atoms with Crippen molar-refractivity contribution < 1.29 is 34.8 Å². The number of Topliss-reactive ketones (excluding diaryl/α,β-unsaturated/α-hetero) is 2. The fourth-order valence-electron chi connectivity index (χ4n) is 7.46. The second-order valence-corrected chi connectivity index (χ2v) is 12.6. The monoisotopic (exact) mass is 587 g/mol. The van der Waals surface area contributed by atoms with E-state index in [0.29, 0.717) is 28.6 Å². The Balaban J connectivity index is 1.50. The number of benzene rings is 1. The zero-order valence-electron chi connectivity index (χ0n) is 23.4. The number of phenolic OH excluding ortho intramolecular Hbond substituents is 1. The van der Waals surface area contributed by atoms with Crippen LogP contribution in [0.4, 0.5) is 0 Å². The molecule has 0 aromatic heterocycles. The zero-order chi connectivity index (χ0) is 29.8. The van der Waals surface area contributed by atoms with Gasteiger partial charge in [-0.05, 0) is 75.4 Å². The molecule has 0 heterocycles. The maximum Gasteiger partial charge on any atom is 0.255 e. The molecule has 0 aliphatic heterocycles. The lowest BCUT2D eigenvalue weighted by atomic mass is 9.58. The smallest absolute Gasteiger partial charge is 0.255 e. The van der Waals surface area contributed by atoms with Crippen LogP contribution in [0.5, 0.6) is 5.75 Å². The van der Waals surface area contributed by atoms with Gasteiger partial charge < -0.3 is 31.5 Å². The molecule has 0 spiro atoms. The number of primary amides is 1. The third kappa shape index (κ3) is 4.74. The molecule has 5 rings (SSSR count). The predicted molar refractivity (Wildman–Crippen MR) is 152 cm³/mol. The Morgan fingerprint density at radius 2 is 1.80 bits per heavy atom. The first-order valence-corrected chi connectivity index (χ1v) is 14.7. The van der Waals surface area contributed by atoms with E-state index in [0.717, 1.165) is 6.54 Å². The minimum atomic E-state index is -2.66. The summed E-state index contributed by atoms with van der Waals surface area (Å²) in [6, 6.07) is 0.404. The van der Waals surface area contributed by atoms with Crippen molar-refractivity contribution in [1.29, 1.82) is 0 Å². The number of allylic oxidation sites excluding steroid dienone is 1. The van der Waals surface area contributed by atoms with Crippen LogP contribution in [0.15, 0.2) is 28.7 Å². The number of carbonyl (C=O) groups excluding carboxylic acids is 3. The summed E-state index contributed by atoms with van der Waals surface area (Å²) in [7, 11) is 3.19. The Morgan fingerprint density at radius 3 is 2.41 bits per heavy atom. The van der Waals surface area contributed by atoms with Crippen LogP contribution in [-0.4, -0.2) is 75.1 Å². The molecular formula is C30H38ClN3O7. The zero-order valence-corrected chi connectivity index (χ0v) is 24.1. The van der Waals surface area contributed by atoms with Gasteiger partial charge in [0, 0.05) is 23.1 Å². The number of hydrogen-bond donors (Lipinski definition) is 6. The molecule has 1 fully saturated rings. The summed E-state index contributed by atoms with van der Waals surface area (Å²) in [5.41, 5.74) is 2.69. The standard InChI is InChI=1S/C30H38ClN3O7/c1-34(2)24-18-10-15-9-17-21(19(35)11-16(23(17)31)13-33-12-14-7-5-3-4-6-8-14)25(36)20(15)27(38)30(18,41)28(39)22(26(24)37)29(32)40/h11,14-15,18,24,33,35,37-38,41H,3-10,12-13H2,1-2H3,(H2,32,40)/t15-,18-,24-,30-/m0/s1. The third-order valence-electron chi connectivity index (χ3n) is 9.45. The highest BCUT2D eigenvalue weighted by Gasteiger charge is 2.63. The predicted octanol–water partition coefficient (Wildman–Crippen LogP) is 2.83. The van der Waals surface area contributed by atoms with E-state index in [4.69, 9.17) is 17.3 Å². The second kappa shape index (κ2) is 11.1. The number of nitrogens with two attached hydrogens (primary N) is 1. The Hall–Kier alpha value is -2.92. The van der Waals surface area contributed by atoms with E-state index < -0.39 is 58.0 Å². The highest BCUT2D eigenvalue weighted by molar-refractivity contribution is 6.33. The maximum atomic E-state index is 13.8. The average molecular weight is 588 g/mol. The van der Waals surface area contributed by atoms with E-state index in [2.05, 4.69) is 5.32 Å². The Morgan fingerprint density at radius 1 is 1.15 bits per heavy atom. The molecule has 0 saturated heterocycles. The van der Waals surface area contributed by atoms with Gasteiger partial charge in [0.05, 0.1) is 11.6 Å². The van der Waals surface area contributed by atoms with E-state index in [-0.39, 0.29) is 29.7 Å². The van der Waals surface area contributed by atoms with Crippen LogP contribution in [0.1, 0.15) is 66.4 Å². The molecule has 4 atom stereocenters. The lowest BCUT2D eigenvalue weighted by Gasteiger charge is -2.50. The van der Waals surface area contributed by atoms with Crippen LogP contribution >= 0.6 is 11.6 Å². The molecule has 1 saturated carbocycles. The van der Waals surface area contributed by atoms with Crippen LogP contribution in [-0.2, 0) is 22.6 Å². The molecule has 1 aromatic carbocycles. The first-order valence-electron chi connectivity index (χ1n) is 14.3. The van der Waals surface area contributed by atoms with Gasteiger partial charge >= 0.3 is 0 Å². The molecule has 4 aliphatic carbocycles. The van der Waals surface area contributed by atoms with Gasteiger partial charge in [-0.25, -0.2) is 0 Å². The molecule has 1 aromatic rings. The number of amides is 1. The highest BCUT2D eigenvalue weighted by atomic mass is 35.5. The molecule has 11 heteroatoms. The first-order chi connectivity index (χ1) is 19.4. The van der Waals surface area contributed by atoms with Gasteiger partial charge in [0.2, 0.25) is 5.78 Å². The summed E-state index contributed by atoms with van der Waals surface area (Å²) in [5.74, 6) is -6.19. The Labute approximate surface area is 243 Å². The number of rotatable bonds is 6. The van der Waals surface area contributed by atoms with Crippen molar-refractivity contribution in [2.45, 2.75) is 69.6 Å². The number of ketones is 2. The van der Waals surface area contributed by atoms with Crippen molar-refractivity contribution >= 4 is 29.1 Å². The van der Waals surface area contributed by atoms with Crippen LogP contribution in [0.25, 0.3) is 0 Å². The maximum absolute atomic E-state index is 13.8. The number of carbonyl (C=O) groups is 3. The molecule has 0 bridgehead atoms. The van der Waals surface area contributed by atoms with Crippen LogP contribution in [0.3, 0.4) is 0 Å². The van der Waals surface area contributed by atoms with Gasteiger partial charge in [0.1, 0.15) is 22.8 Å². The molecule has 41 heavy (non-hydrogen) atoms. The van der Waals surface area contributed by atoms with Crippen molar-refractivity contribution in [3.8, 4) is 5.75 Å². The van der Waals surface area contributed by atoms with Gasteiger partial charge in [-0.1, -0.05) is 37.3 Å². The van der Waals surface area contributed by atoms with Gasteiger partial charge in [-0.3, -0.25) is 19.3 Å². The van der Waals surface area contributed by atoms with Crippen molar-refractivity contribution in [3.63, 3.8) is 0 Å². The number of halogens is 1. The topological polar surface area (TPSA) is 173 Å². The Kier molecular flexibility index (Phi) is 7.97. The average Bonchev–Trinajstić information content (AvgIpc) is 3.17. The number of nitrogens with one attached hydrogen (secondary N) is 1. The highest BCUT2D eigenvalue weighted by Crippen LogP contribution is 2.53. The van der Waals surface area contributed by atoms with E-state index in [9.17, 15) is 34.8 Å². The summed E-state index contributed by atoms with van der Waals surface area (Å²) < 4.78 is 0. The molecular weight excluding hydrogens is 550 g/mol. The number of likely N-dealkylation sites (N-methyl/N-ethyl adjacent to an activating group) is 1. The molecule has 222 valence electrons. The number of aliphatic hydroxyl groups is 3. The summed E-state index contributed by atoms with van der Waals surface area (Å²) >= 11 is 6.83. The molecule has 0 radical (unpaired) electrons. The lowest BCUT2D eigenvalue weighted by molar-refractivity contribution is -0.148.